The van der Waals surface area contributed by atoms with Crippen LogP contribution in [-0.4, -0.2) is 42.2 Å². The van der Waals surface area contributed by atoms with Crippen LogP contribution in [0, 0.1) is 5.92 Å². The quantitative estimate of drug-likeness (QED) is 0.869. The molecule has 3 rings (SSSR count). The first kappa shape index (κ1) is 16.1. The Bertz CT molecular complexity index is 588. The van der Waals surface area contributed by atoms with Crippen LogP contribution in [0.1, 0.15) is 36.8 Å². The Morgan fingerprint density at radius 3 is 2.87 bits per heavy atom. The van der Waals surface area contributed by atoms with Gasteiger partial charge < -0.3 is 14.7 Å². The lowest BCUT2D eigenvalue weighted by Crippen LogP contribution is -2.39. The zero-order valence-electron chi connectivity index (χ0n) is 13.7. The average Bonchev–Trinajstić information content (AvgIpc) is 3.06. The van der Waals surface area contributed by atoms with E-state index in [9.17, 15) is 9.90 Å². The first-order valence-electron chi connectivity index (χ1n) is 8.49. The molecule has 1 aliphatic heterocycles. The van der Waals surface area contributed by atoms with Crippen molar-refractivity contribution in [1.29, 1.82) is 0 Å². The number of fused-ring (bicyclic) bond motifs is 1. The van der Waals surface area contributed by atoms with Crippen molar-refractivity contribution in [3.63, 3.8) is 0 Å². The van der Waals surface area contributed by atoms with Crippen LogP contribution in [0.3, 0.4) is 0 Å². The summed E-state index contributed by atoms with van der Waals surface area (Å²) < 4.78 is 5.50. The van der Waals surface area contributed by atoms with Gasteiger partial charge in [-0.25, -0.2) is 0 Å². The van der Waals surface area contributed by atoms with E-state index in [1.54, 1.807) is 6.08 Å². The van der Waals surface area contributed by atoms with Crippen LogP contribution < -0.4 is 4.74 Å². The molecule has 1 saturated carbocycles. The SMILES string of the molecule is CN(C(=O)/C=C/c1ccc2c(c1)CCO2)C1CCC(CO)CC1. The number of nitrogens with zero attached hydrogens (tertiary/aromatic N) is 1. The van der Waals surface area contributed by atoms with Crippen molar-refractivity contribution in [1.82, 2.24) is 4.90 Å². The lowest BCUT2D eigenvalue weighted by Gasteiger charge is -2.33. The molecule has 1 fully saturated rings. The van der Waals surface area contributed by atoms with Gasteiger partial charge in [-0.2, -0.15) is 0 Å². The predicted octanol–water partition coefficient (Wildman–Crippen LogP) is 2.64. The minimum absolute atomic E-state index is 0.0502. The number of carbonyl (C=O) groups is 1. The van der Waals surface area contributed by atoms with E-state index in [2.05, 4.69) is 6.07 Å². The fourth-order valence-corrected chi connectivity index (χ4v) is 3.49. The van der Waals surface area contributed by atoms with Gasteiger partial charge in [0.05, 0.1) is 6.61 Å². The lowest BCUT2D eigenvalue weighted by atomic mass is 9.86. The molecule has 4 nitrogen and oxygen atoms in total. The highest BCUT2D eigenvalue weighted by Crippen LogP contribution is 2.28. The van der Waals surface area contributed by atoms with Gasteiger partial charge in [-0.15, -0.1) is 0 Å². The Labute approximate surface area is 137 Å². The summed E-state index contributed by atoms with van der Waals surface area (Å²) in [5.74, 6) is 1.43. The molecular weight excluding hydrogens is 290 g/mol. The maximum Gasteiger partial charge on any atom is 0.246 e. The van der Waals surface area contributed by atoms with Crippen LogP contribution in [0.2, 0.25) is 0 Å². The molecule has 0 bridgehead atoms. The van der Waals surface area contributed by atoms with Crippen molar-refractivity contribution in [3.8, 4) is 5.75 Å². The molecule has 1 N–H and O–H groups in total. The molecule has 1 amide bonds. The van der Waals surface area contributed by atoms with Gasteiger partial charge in [0.15, 0.2) is 0 Å². The minimum atomic E-state index is 0.0502. The molecule has 1 heterocycles. The smallest absolute Gasteiger partial charge is 0.246 e. The molecule has 2 aliphatic rings. The van der Waals surface area contributed by atoms with Gasteiger partial charge in [0.25, 0.3) is 0 Å². The molecule has 1 aliphatic carbocycles. The summed E-state index contributed by atoms with van der Waals surface area (Å²) in [6, 6.07) is 6.36. The van der Waals surface area contributed by atoms with E-state index in [1.807, 2.05) is 30.2 Å². The number of hydrogen-bond acceptors (Lipinski definition) is 3. The second kappa shape index (κ2) is 7.18. The Kier molecular flexibility index (Phi) is 5.01. The molecule has 124 valence electrons. The van der Waals surface area contributed by atoms with Crippen LogP contribution in [0.25, 0.3) is 6.08 Å². The largest absolute Gasteiger partial charge is 0.493 e. The van der Waals surface area contributed by atoms with Crippen LogP contribution >= 0.6 is 0 Å². The van der Waals surface area contributed by atoms with E-state index in [-0.39, 0.29) is 12.5 Å². The highest BCUT2D eigenvalue weighted by Gasteiger charge is 2.25. The Morgan fingerprint density at radius 2 is 2.13 bits per heavy atom. The number of hydrogen-bond donors (Lipinski definition) is 1. The topological polar surface area (TPSA) is 49.8 Å². The zero-order chi connectivity index (χ0) is 16.2. The maximum atomic E-state index is 12.4. The summed E-state index contributed by atoms with van der Waals surface area (Å²) in [7, 11) is 1.88. The van der Waals surface area contributed by atoms with E-state index in [1.165, 1.54) is 5.56 Å². The fourth-order valence-electron chi connectivity index (χ4n) is 3.49. The molecule has 0 unspecified atom stereocenters. The number of aliphatic hydroxyl groups is 1. The van der Waals surface area contributed by atoms with Crippen LogP contribution in [0.5, 0.6) is 5.75 Å². The summed E-state index contributed by atoms with van der Waals surface area (Å²) in [5.41, 5.74) is 2.26. The van der Waals surface area contributed by atoms with Crippen molar-refractivity contribution < 1.29 is 14.6 Å². The standard InChI is InChI=1S/C19H25NO3/c1-20(17-6-2-15(13-21)3-7-17)19(22)9-5-14-4-8-18-16(12-14)10-11-23-18/h4-5,8-9,12,15,17,21H,2-3,6-7,10-11,13H2,1H3/b9-5+. The molecule has 0 atom stereocenters. The summed E-state index contributed by atoms with van der Waals surface area (Å²) in [6.07, 6.45) is 8.47. The van der Waals surface area contributed by atoms with Crippen molar-refractivity contribution in [2.75, 3.05) is 20.3 Å². The summed E-state index contributed by atoms with van der Waals surface area (Å²) in [4.78, 5) is 14.2. The van der Waals surface area contributed by atoms with Gasteiger partial charge in [-0.05, 0) is 60.9 Å². The average molecular weight is 315 g/mol. The predicted molar refractivity (Wildman–Crippen MR) is 90.3 cm³/mol. The number of carbonyl (C=O) groups excluding carboxylic acids is 1. The van der Waals surface area contributed by atoms with Gasteiger partial charge in [-0.3, -0.25) is 4.79 Å². The van der Waals surface area contributed by atoms with Crippen LogP contribution in [0.4, 0.5) is 0 Å². The number of ether oxygens (including phenoxy) is 1. The number of amides is 1. The van der Waals surface area contributed by atoms with Crippen molar-refractivity contribution in [2.24, 2.45) is 5.92 Å². The third-order valence-corrected chi connectivity index (χ3v) is 5.10. The number of likely N-dealkylation sites (N-methyl/N-ethyl adjacent to an activating group) is 1. The molecule has 4 heteroatoms. The van der Waals surface area contributed by atoms with E-state index in [0.29, 0.717) is 12.0 Å². The normalized spacial score (nSPS) is 23.6. The highest BCUT2D eigenvalue weighted by atomic mass is 16.5. The third-order valence-electron chi connectivity index (χ3n) is 5.10. The van der Waals surface area contributed by atoms with Gasteiger partial charge >= 0.3 is 0 Å². The Morgan fingerprint density at radius 1 is 1.35 bits per heavy atom. The zero-order valence-corrected chi connectivity index (χ0v) is 13.7. The monoisotopic (exact) mass is 315 g/mol. The first-order valence-corrected chi connectivity index (χ1v) is 8.49. The van der Waals surface area contributed by atoms with Gasteiger partial charge in [-0.1, -0.05) is 6.07 Å². The van der Waals surface area contributed by atoms with E-state index >= 15 is 0 Å². The summed E-state index contributed by atoms with van der Waals surface area (Å²) >= 11 is 0. The highest BCUT2D eigenvalue weighted by molar-refractivity contribution is 5.91. The molecule has 0 aromatic heterocycles. The fraction of sp³-hybridized carbons (Fsp3) is 0.526. The Hall–Kier alpha value is -1.81. The maximum absolute atomic E-state index is 12.4. The van der Waals surface area contributed by atoms with Gasteiger partial charge in [0, 0.05) is 32.2 Å². The lowest BCUT2D eigenvalue weighted by molar-refractivity contribution is -0.127. The minimum Gasteiger partial charge on any atom is -0.493 e. The second-order valence-corrected chi connectivity index (χ2v) is 6.61. The number of aliphatic hydroxyl groups excluding tert-OH is 1. The molecule has 0 saturated heterocycles. The molecule has 1 aromatic carbocycles. The molecule has 23 heavy (non-hydrogen) atoms. The van der Waals surface area contributed by atoms with E-state index in [4.69, 9.17) is 4.74 Å². The summed E-state index contributed by atoms with van der Waals surface area (Å²) in [5, 5.41) is 9.20. The van der Waals surface area contributed by atoms with Crippen LogP contribution in [-0.2, 0) is 11.2 Å². The van der Waals surface area contributed by atoms with Crippen molar-refractivity contribution >= 4 is 12.0 Å². The summed E-state index contributed by atoms with van der Waals surface area (Å²) in [6.45, 7) is 1.02. The van der Waals surface area contributed by atoms with Crippen molar-refractivity contribution in [2.45, 2.75) is 38.1 Å². The number of benzene rings is 1. The first-order chi connectivity index (χ1) is 11.2. The van der Waals surface area contributed by atoms with E-state index < -0.39 is 0 Å². The molecule has 0 radical (unpaired) electrons. The number of rotatable bonds is 4. The van der Waals surface area contributed by atoms with Crippen molar-refractivity contribution in [3.05, 3.63) is 35.4 Å². The van der Waals surface area contributed by atoms with Gasteiger partial charge in [0.2, 0.25) is 5.91 Å². The van der Waals surface area contributed by atoms with E-state index in [0.717, 1.165) is 50.0 Å². The Balaban J connectivity index is 1.58. The second-order valence-electron chi connectivity index (χ2n) is 6.61. The molecule has 1 aromatic rings. The third kappa shape index (κ3) is 3.75. The molecule has 0 spiro atoms. The van der Waals surface area contributed by atoms with Crippen LogP contribution in [0.15, 0.2) is 24.3 Å². The van der Waals surface area contributed by atoms with Gasteiger partial charge in [0.1, 0.15) is 5.75 Å². The molecular formula is C19H25NO3.